The Morgan fingerprint density at radius 3 is 2.77 bits per heavy atom. The maximum absolute atomic E-state index is 13.1. The third-order valence-corrected chi connectivity index (χ3v) is 2.04. The van der Waals surface area contributed by atoms with Crippen LogP contribution in [0.2, 0.25) is 0 Å². The fraction of sp³-hybridized carbons (Fsp3) is 0.400. The maximum atomic E-state index is 13.1. The van der Waals surface area contributed by atoms with Crippen LogP contribution in [0.3, 0.4) is 0 Å². The summed E-state index contributed by atoms with van der Waals surface area (Å²) in [5.41, 5.74) is 1.13. The van der Waals surface area contributed by atoms with Gasteiger partial charge < -0.3 is 10.4 Å². The Morgan fingerprint density at radius 2 is 2.15 bits per heavy atom. The lowest BCUT2D eigenvalue weighted by Gasteiger charge is -2.06. The van der Waals surface area contributed by atoms with Crippen LogP contribution in [0.5, 0.6) is 5.75 Å². The summed E-state index contributed by atoms with van der Waals surface area (Å²) in [7, 11) is 1.82. The maximum Gasteiger partial charge on any atom is 0.167 e. The molecule has 0 heterocycles. The molecule has 0 unspecified atom stereocenters. The van der Waals surface area contributed by atoms with E-state index in [0.717, 1.165) is 6.54 Å². The van der Waals surface area contributed by atoms with Crippen LogP contribution in [0.25, 0.3) is 0 Å². The predicted octanol–water partition coefficient (Wildman–Crippen LogP) is 1.60. The van der Waals surface area contributed by atoms with Crippen molar-refractivity contribution in [2.75, 3.05) is 13.6 Å². The van der Waals surface area contributed by atoms with Crippen LogP contribution in [-0.4, -0.2) is 18.7 Å². The molecule has 0 spiro atoms. The molecule has 2 nitrogen and oxygen atoms in total. The fourth-order valence-corrected chi connectivity index (χ4v) is 1.17. The number of rotatable bonds is 3. The third kappa shape index (κ3) is 2.18. The van der Waals surface area contributed by atoms with Crippen LogP contribution in [-0.2, 0) is 6.42 Å². The smallest absolute Gasteiger partial charge is 0.167 e. The van der Waals surface area contributed by atoms with Crippen LogP contribution in [0.4, 0.5) is 4.39 Å². The summed E-state index contributed by atoms with van der Waals surface area (Å²) in [5, 5.41) is 12.3. The van der Waals surface area contributed by atoms with Gasteiger partial charge >= 0.3 is 0 Å². The quantitative estimate of drug-likeness (QED) is 0.746. The van der Waals surface area contributed by atoms with E-state index in [4.69, 9.17) is 0 Å². The highest BCUT2D eigenvalue weighted by molar-refractivity contribution is 5.37. The van der Waals surface area contributed by atoms with Crippen LogP contribution in [0, 0.1) is 12.7 Å². The van der Waals surface area contributed by atoms with Gasteiger partial charge in [-0.15, -0.1) is 0 Å². The molecule has 1 aromatic rings. The second-order valence-corrected chi connectivity index (χ2v) is 3.06. The second-order valence-electron chi connectivity index (χ2n) is 3.06. The van der Waals surface area contributed by atoms with Crippen LogP contribution >= 0.6 is 0 Å². The fourth-order valence-electron chi connectivity index (χ4n) is 1.17. The van der Waals surface area contributed by atoms with Crippen molar-refractivity contribution in [3.8, 4) is 5.75 Å². The van der Waals surface area contributed by atoms with Gasteiger partial charge in [-0.2, -0.15) is 0 Å². The van der Waals surface area contributed by atoms with Gasteiger partial charge in [0.1, 0.15) is 0 Å². The summed E-state index contributed by atoms with van der Waals surface area (Å²) in [6, 6.07) is 3.44. The van der Waals surface area contributed by atoms with E-state index >= 15 is 0 Å². The van der Waals surface area contributed by atoms with E-state index in [1.54, 1.807) is 19.1 Å². The number of hydrogen-bond acceptors (Lipinski definition) is 2. The summed E-state index contributed by atoms with van der Waals surface area (Å²) >= 11 is 0. The highest BCUT2D eigenvalue weighted by Gasteiger charge is 2.08. The molecule has 0 aromatic heterocycles. The third-order valence-electron chi connectivity index (χ3n) is 2.04. The lowest BCUT2D eigenvalue weighted by atomic mass is 10.1. The first-order valence-corrected chi connectivity index (χ1v) is 4.28. The molecule has 13 heavy (non-hydrogen) atoms. The zero-order valence-electron chi connectivity index (χ0n) is 7.89. The van der Waals surface area contributed by atoms with Gasteiger partial charge in [0.25, 0.3) is 0 Å². The molecule has 2 N–H and O–H groups in total. The SMILES string of the molecule is CNCCc1ccc(C)c(F)c1O. The van der Waals surface area contributed by atoms with Crippen molar-refractivity contribution in [1.82, 2.24) is 5.32 Å². The number of aromatic hydroxyl groups is 1. The standard InChI is InChI=1S/C10H14FNO/c1-7-3-4-8(5-6-12-2)10(13)9(7)11/h3-4,12-13H,5-6H2,1-2H3. The molecule has 0 saturated heterocycles. The molecule has 1 rings (SSSR count). The van der Waals surface area contributed by atoms with Gasteiger partial charge in [-0.1, -0.05) is 12.1 Å². The average molecular weight is 183 g/mol. The van der Waals surface area contributed by atoms with Gasteiger partial charge in [-0.3, -0.25) is 0 Å². The molecule has 0 amide bonds. The number of nitrogens with one attached hydrogen (secondary N) is 1. The van der Waals surface area contributed by atoms with Gasteiger partial charge in [-0.05, 0) is 38.1 Å². The summed E-state index contributed by atoms with van der Waals surface area (Å²) in [6.45, 7) is 2.37. The van der Waals surface area contributed by atoms with Crippen molar-refractivity contribution in [1.29, 1.82) is 0 Å². The molecule has 0 saturated carbocycles. The Morgan fingerprint density at radius 1 is 1.46 bits per heavy atom. The Bertz CT molecular complexity index is 299. The lowest BCUT2D eigenvalue weighted by Crippen LogP contribution is -2.10. The first kappa shape index (κ1) is 9.99. The minimum absolute atomic E-state index is 0.213. The Labute approximate surface area is 77.4 Å². The van der Waals surface area contributed by atoms with Crippen molar-refractivity contribution >= 4 is 0 Å². The minimum Gasteiger partial charge on any atom is -0.505 e. The summed E-state index contributed by atoms with van der Waals surface area (Å²) < 4.78 is 13.1. The van der Waals surface area contributed by atoms with Gasteiger partial charge in [-0.25, -0.2) is 4.39 Å². The molecular formula is C10H14FNO. The highest BCUT2D eigenvalue weighted by atomic mass is 19.1. The van der Waals surface area contributed by atoms with E-state index < -0.39 is 5.82 Å². The van der Waals surface area contributed by atoms with Gasteiger partial charge in [0, 0.05) is 0 Å². The van der Waals surface area contributed by atoms with E-state index in [0.29, 0.717) is 17.5 Å². The first-order valence-electron chi connectivity index (χ1n) is 4.28. The van der Waals surface area contributed by atoms with Crippen molar-refractivity contribution in [2.45, 2.75) is 13.3 Å². The lowest BCUT2D eigenvalue weighted by molar-refractivity contribution is 0.423. The number of benzene rings is 1. The molecule has 0 atom stereocenters. The number of phenolic OH excluding ortho intramolecular Hbond substituents is 1. The Hall–Kier alpha value is -1.09. The second kappa shape index (κ2) is 4.23. The molecule has 72 valence electrons. The predicted molar refractivity (Wildman–Crippen MR) is 50.4 cm³/mol. The monoisotopic (exact) mass is 183 g/mol. The van der Waals surface area contributed by atoms with Crippen molar-refractivity contribution in [3.63, 3.8) is 0 Å². The molecule has 0 aliphatic rings. The van der Waals surface area contributed by atoms with E-state index in [2.05, 4.69) is 5.32 Å². The summed E-state index contributed by atoms with van der Waals surface area (Å²) in [4.78, 5) is 0. The number of phenols is 1. The average Bonchev–Trinajstić information content (AvgIpc) is 2.13. The zero-order valence-corrected chi connectivity index (χ0v) is 7.89. The Balaban J connectivity index is 2.90. The Kier molecular flexibility index (Phi) is 3.25. The van der Waals surface area contributed by atoms with Crippen molar-refractivity contribution in [2.24, 2.45) is 0 Å². The molecule has 0 bridgehead atoms. The molecular weight excluding hydrogens is 169 g/mol. The number of aryl methyl sites for hydroxylation is 1. The van der Waals surface area contributed by atoms with Crippen LogP contribution < -0.4 is 5.32 Å². The first-order chi connectivity index (χ1) is 6.16. The molecule has 0 aliphatic carbocycles. The largest absolute Gasteiger partial charge is 0.505 e. The van der Waals surface area contributed by atoms with Gasteiger partial charge in [0.15, 0.2) is 11.6 Å². The number of hydrogen-bond donors (Lipinski definition) is 2. The van der Waals surface area contributed by atoms with E-state index in [1.165, 1.54) is 0 Å². The van der Waals surface area contributed by atoms with Crippen molar-refractivity contribution < 1.29 is 9.50 Å². The van der Waals surface area contributed by atoms with E-state index in [-0.39, 0.29) is 5.75 Å². The molecule has 3 heteroatoms. The summed E-state index contributed by atoms with van der Waals surface area (Å²) in [6.07, 6.45) is 0.638. The highest BCUT2D eigenvalue weighted by Crippen LogP contribution is 2.23. The minimum atomic E-state index is -0.506. The molecule has 0 aliphatic heterocycles. The van der Waals surface area contributed by atoms with E-state index in [1.807, 2.05) is 7.05 Å². The van der Waals surface area contributed by atoms with Crippen LogP contribution in [0.1, 0.15) is 11.1 Å². The zero-order chi connectivity index (χ0) is 9.84. The number of likely N-dealkylation sites (N-methyl/N-ethyl adjacent to an activating group) is 1. The number of halogens is 1. The van der Waals surface area contributed by atoms with Gasteiger partial charge in [0.05, 0.1) is 0 Å². The molecule has 0 radical (unpaired) electrons. The molecule has 0 fully saturated rings. The van der Waals surface area contributed by atoms with Gasteiger partial charge in [0.2, 0.25) is 0 Å². The van der Waals surface area contributed by atoms with Crippen LogP contribution in [0.15, 0.2) is 12.1 Å². The topological polar surface area (TPSA) is 32.3 Å². The van der Waals surface area contributed by atoms with Crippen molar-refractivity contribution in [3.05, 3.63) is 29.1 Å². The van der Waals surface area contributed by atoms with E-state index in [9.17, 15) is 9.50 Å². The normalized spacial score (nSPS) is 10.4. The molecule has 1 aromatic carbocycles. The summed E-state index contributed by atoms with van der Waals surface area (Å²) in [5.74, 6) is -0.719.